The van der Waals surface area contributed by atoms with Crippen molar-refractivity contribution in [3.05, 3.63) is 30.3 Å². The third-order valence-electron chi connectivity index (χ3n) is 1.82. The summed E-state index contributed by atoms with van der Waals surface area (Å²) in [4.78, 5) is 8.36. The first-order valence-corrected chi connectivity index (χ1v) is 5.22. The molecule has 0 aromatic heterocycles. The van der Waals surface area contributed by atoms with Gasteiger partial charge in [-0.3, -0.25) is 4.79 Å². The Balaban J connectivity index is 0.000000673. The van der Waals surface area contributed by atoms with Crippen molar-refractivity contribution in [1.29, 1.82) is 0 Å². The number of para-hydroxylation sites is 1. The third kappa shape index (κ3) is 7.82. The first-order chi connectivity index (χ1) is 7.74. The number of aliphatic hydroxyl groups is 1. The molecule has 4 heteroatoms. The smallest absolute Gasteiger partial charge is 0.290 e. The summed E-state index contributed by atoms with van der Waals surface area (Å²) in [6, 6.07) is 9.39. The van der Waals surface area contributed by atoms with Crippen LogP contribution < -0.4 is 4.74 Å². The fraction of sp³-hybridized carbons (Fsp3) is 0.417. The Morgan fingerprint density at radius 1 is 1.38 bits per heavy atom. The maximum atomic E-state index is 9.41. The Labute approximate surface area is 95.5 Å². The van der Waals surface area contributed by atoms with Crippen molar-refractivity contribution in [2.45, 2.75) is 32.5 Å². The van der Waals surface area contributed by atoms with Crippen LogP contribution in [0.25, 0.3) is 0 Å². The zero-order chi connectivity index (χ0) is 12.2. The van der Waals surface area contributed by atoms with Gasteiger partial charge in [-0.1, -0.05) is 31.5 Å². The Morgan fingerprint density at radius 2 is 1.94 bits per heavy atom. The molecule has 0 saturated heterocycles. The molecule has 1 atom stereocenters. The van der Waals surface area contributed by atoms with Gasteiger partial charge in [0.15, 0.2) is 6.29 Å². The molecule has 0 fully saturated rings. The zero-order valence-electron chi connectivity index (χ0n) is 9.37. The van der Waals surface area contributed by atoms with Crippen LogP contribution in [0.1, 0.15) is 26.2 Å². The fourth-order valence-corrected chi connectivity index (χ4v) is 1.09. The molecule has 4 nitrogen and oxygen atoms in total. The highest BCUT2D eigenvalue weighted by atomic mass is 16.6. The van der Waals surface area contributed by atoms with E-state index in [4.69, 9.17) is 14.6 Å². The van der Waals surface area contributed by atoms with Gasteiger partial charge in [0.25, 0.3) is 6.47 Å². The van der Waals surface area contributed by atoms with Gasteiger partial charge in [-0.05, 0) is 18.6 Å². The molecular weight excluding hydrogens is 208 g/mol. The predicted octanol–water partition coefficient (Wildman–Crippen LogP) is 2.27. The molecule has 1 aromatic carbocycles. The highest BCUT2D eigenvalue weighted by molar-refractivity contribution is 5.32. The first kappa shape index (κ1) is 14.5. The molecule has 1 aromatic rings. The van der Waals surface area contributed by atoms with Crippen molar-refractivity contribution < 1.29 is 19.7 Å². The molecule has 0 aliphatic carbocycles. The Morgan fingerprint density at radius 3 is 2.44 bits per heavy atom. The van der Waals surface area contributed by atoms with E-state index in [0.29, 0.717) is 6.42 Å². The quantitative estimate of drug-likeness (QED) is 0.597. The van der Waals surface area contributed by atoms with Crippen LogP contribution >= 0.6 is 0 Å². The summed E-state index contributed by atoms with van der Waals surface area (Å²) >= 11 is 0. The van der Waals surface area contributed by atoms with E-state index in [2.05, 4.69) is 6.92 Å². The van der Waals surface area contributed by atoms with Crippen molar-refractivity contribution in [1.82, 2.24) is 0 Å². The summed E-state index contributed by atoms with van der Waals surface area (Å²) in [5.74, 6) is 0.728. The van der Waals surface area contributed by atoms with Crippen LogP contribution in [0, 0.1) is 0 Å². The number of hydrogen-bond donors (Lipinski definition) is 2. The molecule has 0 spiro atoms. The lowest BCUT2D eigenvalue weighted by Crippen LogP contribution is -2.14. The highest BCUT2D eigenvalue weighted by Gasteiger charge is 2.03. The van der Waals surface area contributed by atoms with E-state index in [-0.39, 0.29) is 6.47 Å². The number of aliphatic hydroxyl groups excluding tert-OH is 1. The number of carbonyl (C=O) groups is 1. The molecule has 0 heterocycles. The van der Waals surface area contributed by atoms with Crippen LogP contribution in [0.15, 0.2) is 30.3 Å². The van der Waals surface area contributed by atoms with Crippen molar-refractivity contribution >= 4 is 6.47 Å². The van der Waals surface area contributed by atoms with Crippen LogP contribution in [-0.4, -0.2) is 23.0 Å². The number of unbranched alkanes of at least 4 members (excludes halogenated alkanes) is 1. The number of rotatable bonds is 5. The van der Waals surface area contributed by atoms with Crippen LogP contribution in [-0.2, 0) is 4.79 Å². The van der Waals surface area contributed by atoms with Gasteiger partial charge in [0.05, 0.1) is 0 Å². The van der Waals surface area contributed by atoms with Crippen molar-refractivity contribution in [2.24, 2.45) is 0 Å². The number of carboxylic acid groups (broad SMARTS) is 1. The standard InChI is InChI=1S/C11H16O2.CH2O2/c1-2-3-9-11(12)13-10-7-5-4-6-8-10;2-1-3/h4-8,11-12H,2-3,9H2,1H3;1H,(H,2,3). The minimum Gasteiger partial charge on any atom is -0.483 e. The molecule has 16 heavy (non-hydrogen) atoms. The zero-order valence-corrected chi connectivity index (χ0v) is 9.37. The second-order valence-corrected chi connectivity index (χ2v) is 3.13. The lowest BCUT2D eigenvalue weighted by Gasteiger charge is -2.12. The summed E-state index contributed by atoms with van der Waals surface area (Å²) in [5, 5.41) is 16.3. The molecule has 0 amide bonds. The minimum atomic E-state index is -0.664. The Hall–Kier alpha value is -1.55. The van der Waals surface area contributed by atoms with E-state index in [1.165, 1.54) is 0 Å². The number of ether oxygens (including phenoxy) is 1. The van der Waals surface area contributed by atoms with E-state index in [9.17, 15) is 5.11 Å². The predicted molar refractivity (Wildman–Crippen MR) is 61.3 cm³/mol. The number of hydrogen-bond acceptors (Lipinski definition) is 3. The molecule has 1 rings (SSSR count). The molecule has 90 valence electrons. The monoisotopic (exact) mass is 226 g/mol. The number of benzene rings is 1. The van der Waals surface area contributed by atoms with Crippen molar-refractivity contribution in [3.8, 4) is 5.75 Å². The highest BCUT2D eigenvalue weighted by Crippen LogP contribution is 2.12. The van der Waals surface area contributed by atoms with Gasteiger partial charge in [-0.15, -0.1) is 0 Å². The van der Waals surface area contributed by atoms with Gasteiger partial charge in [-0.25, -0.2) is 0 Å². The van der Waals surface area contributed by atoms with Crippen LogP contribution in [0.5, 0.6) is 5.75 Å². The second kappa shape index (κ2) is 9.98. The van der Waals surface area contributed by atoms with E-state index < -0.39 is 6.29 Å². The van der Waals surface area contributed by atoms with Gasteiger partial charge < -0.3 is 14.9 Å². The average Bonchev–Trinajstić information content (AvgIpc) is 2.29. The first-order valence-electron chi connectivity index (χ1n) is 5.22. The van der Waals surface area contributed by atoms with Crippen LogP contribution in [0.4, 0.5) is 0 Å². The summed E-state index contributed by atoms with van der Waals surface area (Å²) < 4.78 is 5.27. The summed E-state index contributed by atoms with van der Waals surface area (Å²) in [5.41, 5.74) is 0. The molecule has 2 N–H and O–H groups in total. The van der Waals surface area contributed by atoms with Crippen LogP contribution in [0.2, 0.25) is 0 Å². The topological polar surface area (TPSA) is 66.8 Å². The normalized spacial score (nSPS) is 10.9. The van der Waals surface area contributed by atoms with Crippen LogP contribution in [0.3, 0.4) is 0 Å². The molecule has 0 radical (unpaired) electrons. The maximum Gasteiger partial charge on any atom is 0.290 e. The lowest BCUT2D eigenvalue weighted by atomic mass is 10.2. The van der Waals surface area contributed by atoms with Crippen molar-refractivity contribution in [2.75, 3.05) is 0 Å². The van der Waals surface area contributed by atoms with Gasteiger partial charge in [0.2, 0.25) is 0 Å². The molecule has 0 aliphatic heterocycles. The Kier molecular flexibility index (Phi) is 9.02. The SMILES string of the molecule is CCCCC(O)Oc1ccccc1.O=CO. The largest absolute Gasteiger partial charge is 0.483 e. The van der Waals surface area contributed by atoms with E-state index >= 15 is 0 Å². The fourth-order valence-electron chi connectivity index (χ4n) is 1.09. The Bertz CT molecular complexity index is 261. The molecule has 0 saturated carbocycles. The minimum absolute atomic E-state index is 0.250. The average molecular weight is 226 g/mol. The molecule has 1 unspecified atom stereocenters. The van der Waals surface area contributed by atoms with E-state index in [0.717, 1.165) is 18.6 Å². The summed E-state index contributed by atoms with van der Waals surface area (Å²) in [7, 11) is 0. The molecular formula is C12H18O4. The summed E-state index contributed by atoms with van der Waals surface area (Å²) in [6.45, 7) is 1.84. The summed E-state index contributed by atoms with van der Waals surface area (Å²) in [6.07, 6.45) is 2.11. The second-order valence-electron chi connectivity index (χ2n) is 3.13. The van der Waals surface area contributed by atoms with Gasteiger partial charge in [0, 0.05) is 6.42 Å². The van der Waals surface area contributed by atoms with Gasteiger partial charge >= 0.3 is 0 Å². The molecule has 0 bridgehead atoms. The lowest BCUT2D eigenvalue weighted by molar-refractivity contribution is -0.122. The van der Waals surface area contributed by atoms with Crippen molar-refractivity contribution in [3.63, 3.8) is 0 Å². The van der Waals surface area contributed by atoms with E-state index in [1.54, 1.807) is 0 Å². The maximum absolute atomic E-state index is 9.41. The third-order valence-corrected chi connectivity index (χ3v) is 1.82. The van der Waals surface area contributed by atoms with Gasteiger partial charge in [-0.2, -0.15) is 0 Å². The van der Waals surface area contributed by atoms with Gasteiger partial charge in [0.1, 0.15) is 5.75 Å². The molecule has 0 aliphatic rings. The van der Waals surface area contributed by atoms with E-state index in [1.807, 2.05) is 30.3 Å².